The number of rotatable bonds is 5. The smallest absolute Gasteiger partial charge is 0.339 e. The van der Waals surface area contributed by atoms with Crippen LogP contribution in [-0.4, -0.2) is 34.3 Å². The highest BCUT2D eigenvalue weighted by Crippen LogP contribution is 2.14. The average Bonchev–Trinajstić information content (AvgIpc) is 2.27. The van der Waals surface area contributed by atoms with Crippen molar-refractivity contribution in [3.8, 4) is 5.75 Å². The molecule has 1 atom stereocenters. The minimum absolute atomic E-state index is 0.322. The minimum Gasteiger partial charge on any atom is -0.490 e. The zero-order valence-electron chi connectivity index (χ0n) is 9.21. The van der Waals surface area contributed by atoms with Crippen molar-refractivity contribution in [2.45, 2.75) is 12.5 Å². The molecule has 1 rings (SSSR count). The quantitative estimate of drug-likeness (QED) is 0.670. The molecule has 4 N–H and O–H groups in total. The largest absolute Gasteiger partial charge is 0.490 e. The number of hydrogen-bond donors (Lipinski definition) is 3. The maximum atomic E-state index is 10.8. The first-order valence-electron chi connectivity index (χ1n) is 4.81. The molecule has 0 aromatic heterocycles. The number of aliphatic carboxylic acids is 1. The van der Waals surface area contributed by atoms with E-state index in [2.05, 4.69) is 0 Å². The van der Waals surface area contributed by atoms with Crippen LogP contribution in [0.2, 0.25) is 0 Å². The van der Waals surface area contributed by atoms with Crippen molar-refractivity contribution in [1.82, 2.24) is 0 Å². The van der Waals surface area contributed by atoms with Gasteiger partial charge in [-0.15, -0.1) is 0 Å². The zero-order chi connectivity index (χ0) is 13.1. The Hall–Kier alpha value is -2.08. The van der Waals surface area contributed by atoms with Crippen LogP contribution in [-0.2, 0) is 4.79 Å². The third-order valence-corrected chi connectivity index (χ3v) is 2.12. The normalized spacial score (nSPS) is 13.8. The third-order valence-electron chi connectivity index (χ3n) is 2.12. The number of aliphatic hydroxyl groups is 1. The molecular weight excluding hydrogens is 226 g/mol. The third kappa shape index (κ3) is 3.46. The number of carbonyl (C=O) groups excluding carboxylic acids is 1. The summed E-state index contributed by atoms with van der Waals surface area (Å²) in [4.78, 5) is 21.4. The summed E-state index contributed by atoms with van der Waals surface area (Å²) >= 11 is 0. The second kappa shape index (κ2) is 4.84. The molecule has 6 nitrogen and oxygen atoms in total. The molecule has 0 bridgehead atoms. The van der Waals surface area contributed by atoms with E-state index >= 15 is 0 Å². The number of carboxylic acids is 1. The molecule has 0 aliphatic rings. The lowest BCUT2D eigenvalue weighted by molar-refractivity contribution is -0.159. The predicted molar refractivity (Wildman–Crippen MR) is 58.7 cm³/mol. The fourth-order valence-corrected chi connectivity index (χ4v) is 1.00. The van der Waals surface area contributed by atoms with Crippen LogP contribution < -0.4 is 10.5 Å². The molecule has 0 aliphatic carbocycles. The lowest BCUT2D eigenvalue weighted by atomic mass is 10.1. The summed E-state index contributed by atoms with van der Waals surface area (Å²) < 4.78 is 5.08. The highest BCUT2D eigenvalue weighted by atomic mass is 16.5. The summed E-state index contributed by atoms with van der Waals surface area (Å²) in [6.45, 7) is 0.741. The second-order valence-corrected chi connectivity index (χ2v) is 3.76. The molecule has 0 aliphatic heterocycles. The first-order valence-corrected chi connectivity index (χ1v) is 4.81. The Morgan fingerprint density at radius 1 is 1.35 bits per heavy atom. The fourth-order valence-electron chi connectivity index (χ4n) is 1.00. The number of hydrogen-bond acceptors (Lipinski definition) is 4. The van der Waals surface area contributed by atoms with Crippen LogP contribution >= 0.6 is 0 Å². The summed E-state index contributed by atoms with van der Waals surface area (Å²) in [5, 5.41) is 18.0. The number of amides is 1. The molecule has 0 heterocycles. The SMILES string of the molecule is CC(O)(COc1ccc(C(N)=O)cc1)C(=O)O. The molecule has 1 unspecified atom stereocenters. The highest BCUT2D eigenvalue weighted by Gasteiger charge is 2.30. The molecule has 0 spiro atoms. The van der Waals surface area contributed by atoms with Gasteiger partial charge in [0.15, 0.2) is 5.60 Å². The van der Waals surface area contributed by atoms with Crippen LogP contribution in [0.5, 0.6) is 5.75 Å². The van der Waals surface area contributed by atoms with Crippen LogP contribution in [0.3, 0.4) is 0 Å². The summed E-state index contributed by atoms with van der Waals surface area (Å²) in [6.07, 6.45) is 0. The Morgan fingerprint density at radius 3 is 2.29 bits per heavy atom. The van der Waals surface area contributed by atoms with Gasteiger partial charge in [0.2, 0.25) is 5.91 Å². The van der Waals surface area contributed by atoms with E-state index < -0.39 is 24.1 Å². The van der Waals surface area contributed by atoms with Gasteiger partial charge in [0.25, 0.3) is 0 Å². The molecule has 1 aromatic rings. The molecule has 1 aromatic carbocycles. The summed E-state index contributed by atoms with van der Waals surface area (Å²) in [7, 11) is 0. The van der Waals surface area contributed by atoms with Crippen LogP contribution in [0.1, 0.15) is 17.3 Å². The van der Waals surface area contributed by atoms with Gasteiger partial charge < -0.3 is 20.7 Å². The summed E-state index contributed by atoms with van der Waals surface area (Å²) in [5.74, 6) is -1.59. The van der Waals surface area contributed by atoms with E-state index in [-0.39, 0.29) is 0 Å². The van der Waals surface area contributed by atoms with Gasteiger partial charge in [0.1, 0.15) is 12.4 Å². The molecule has 0 radical (unpaired) electrons. The van der Waals surface area contributed by atoms with Gasteiger partial charge in [-0.3, -0.25) is 4.79 Å². The van der Waals surface area contributed by atoms with Crippen molar-refractivity contribution >= 4 is 11.9 Å². The lowest BCUT2D eigenvalue weighted by Gasteiger charge is -2.18. The Kier molecular flexibility index (Phi) is 3.69. The number of primary amides is 1. The van der Waals surface area contributed by atoms with Crippen molar-refractivity contribution < 1.29 is 24.5 Å². The summed E-state index contributed by atoms with van der Waals surface area (Å²) in [5.41, 5.74) is 3.41. The fraction of sp³-hybridized carbons (Fsp3) is 0.273. The van der Waals surface area contributed by atoms with E-state index in [1.54, 1.807) is 0 Å². The van der Waals surface area contributed by atoms with Gasteiger partial charge in [0, 0.05) is 5.56 Å². The standard InChI is InChI=1S/C11H13NO5/c1-11(16,10(14)15)6-17-8-4-2-7(3-5-8)9(12)13/h2-5,16H,6H2,1H3,(H2,12,13)(H,14,15). The van der Waals surface area contributed by atoms with Crippen LogP contribution in [0.4, 0.5) is 0 Å². The first kappa shape index (κ1) is 13.0. The predicted octanol–water partition coefficient (Wildman–Crippen LogP) is -0.000100. The Labute approximate surface area is 97.6 Å². The van der Waals surface area contributed by atoms with E-state index in [4.69, 9.17) is 15.6 Å². The number of benzene rings is 1. The van der Waals surface area contributed by atoms with Crippen molar-refractivity contribution in [1.29, 1.82) is 0 Å². The molecule has 0 saturated heterocycles. The average molecular weight is 239 g/mol. The number of carboxylic acid groups (broad SMARTS) is 1. The number of nitrogens with two attached hydrogens (primary N) is 1. The second-order valence-electron chi connectivity index (χ2n) is 3.76. The Bertz CT molecular complexity index is 424. The van der Waals surface area contributed by atoms with Crippen LogP contribution in [0.25, 0.3) is 0 Å². The lowest BCUT2D eigenvalue weighted by Crippen LogP contribution is -2.41. The summed E-state index contributed by atoms with van der Waals surface area (Å²) in [6, 6.07) is 5.84. The maximum absolute atomic E-state index is 10.8. The van der Waals surface area contributed by atoms with Crippen molar-refractivity contribution in [2.75, 3.05) is 6.61 Å². The van der Waals surface area contributed by atoms with Crippen molar-refractivity contribution in [3.05, 3.63) is 29.8 Å². The maximum Gasteiger partial charge on any atom is 0.339 e. The van der Waals surface area contributed by atoms with Crippen LogP contribution in [0.15, 0.2) is 24.3 Å². The van der Waals surface area contributed by atoms with Gasteiger partial charge in [-0.1, -0.05) is 0 Å². The van der Waals surface area contributed by atoms with E-state index in [0.717, 1.165) is 6.92 Å². The van der Waals surface area contributed by atoms with Crippen molar-refractivity contribution in [3.63, 3.8) is 0 Å². The van der Waals surface area contributed by atoms with E-state index in [0.29, 0.717) is 11.3 Å². The zero-order valence-corrected chi connectivity index (χ0v) is 9.21. The molecule has 1 amide bonds. The van der Waals surface area contributed by atoms with Gasteiger partial charge in [-0.2, -0.15) is 0 Å². The molecular formula is C11H13NO5. The van der Waals surface area contributed by atoms with Crippen molar-refractivity contribution in [2.24, 2.45) is 5.73 Å². The minimum atomic E-state index is -1.96. The van der Waals surface area contributed by atoms with Gasteiger partial charge >= 0.3 is 5.97 Å². The Morgan fingerprint density at radius 2 is 1.88 bits per heavy atom. The van der Waals surface area contributed by atoms with Gasteiger partial charge in [-0.25, -0.2) is 4.79 Å². The van der Waals surface area contributed by atoms with Gasteiger partial charge in [-0.05, 0) is 31.2 Å². The monoisotopic (exact) mass is 239 g/mol. The topological polar surface area (TPSA) is 110 Å². The number of carbonyl (C=O) groups is 2. The molecule has 0 saturated carbocycles. The van der Waals surface area contributed by atoms with E-state index in [9.17, 15) is 14.7 Å². The Balaban J connectivity index is 2.65. The van der Waals surface area contributed by atoms with E-state index in [1.165, 1.54) is 24.3 Å². The van der Waals surface area contributed by atoms with Gasteiger partial charge in [0.05, 0.1) is 0 Å². The highest BCUT2D eigenvalue weighted by molar-refractivity contribution is 5.92. The molecule has 92 valence electrons. The van der Waals surface area contributed by atoms with Crippen LogP contribution in [0, 0.1) is 0 Å². The van der Waals surface area contributed by atoms with E-state index in [1.807, 2.05) is 0 Å². The molecule has 0 fully saturated rings. The molecule has 17 heavy (non-hydrogen) atoms. The molecule has 6 heteroatoms. The first-order chi connectivity index (χ1) is 7.83. The number of ether oxygens (including phenoxy) is 1.